The van der Waals surface area contributed by atoms with E-state index in [9.17, 15) is 18.0 Å². The highest BCUT2D eigenvalue weighted by Gasteiger charge is 2.42. The fraction of sp³-hybridized carbons (Fsp3) is 0.833. The first-order chi connectivity index (χ1) is 8.78. The first-order valence-corrected chi connectivity index (χ1v) is 8.61. The Morgan fingerprint density at radius 3 is 2.53 bits per heavy atom. The lowest BCUT2D eigenvalue weighted by molar-refractivity contribution is -0.135. The highest BCUT2D eigenvalue weighted by atomic mass is 32.2. The molecule has 7 heteroatoms. The van der Waals surface area contributed by atoms with Crippen molar-refractivity contribution in [2.24, 2.45) is 5.92 Å². The van der Waals surface area contributed by atoms with Gasteiger partial charge in [0.25, 0.3) is 0 Å². The molecule has 0 aromatic carbocycles. The number of nitrogens with zero attached hydrogens (tertiary/aromatic N) is 1. The van der Waals surface area contributed by atoms with Crippen molar-refractivity contribution >= 4 is 21.7 Å². The van der Waals surface area contributed by atoms with Crippen LogP contribution >= 0.6 is 0 Å². The van der Waals surface area contributed by atoms with E-state index in [-0.39, 0.29) is 29.9 Å². The maximum absolute atomic E-state index is 12.4. The molecular formula is C12H20N2O4S. The van der Waals surface area contributed by atoms with E-state index in [0.717, 1.165) is 19.1 Å². The lowest BCUT2D eigenvalue weighted by Gasteiger charge is -2.29. The van der Waals surface area contributed by atoms with Crippen molar-refractivity contribution < 1.29 is 18.0 Å². The fourth-order valence-corrected chi connectivity index (χ4v) is 3.59. The third-order valence-corrected chi connectivity index (χ3v) is 4.70. The Kier molecular flexibility index (Phi) is 3.85. The minimum absolute atomic E-state index is 0.0652. The van der Waals surface area contributed by atoms with E-state index in [0.29, 0.717) is 6.54 Å². The highest BCUT2D eigenvalue weighted by Crippen LogP contribution is 2.34. The average Bonchev–Trinajstić information content (AvgIpc) is 3.05. The van der Waals surface area contributed by atoms with E-state index in [1.165, 1.54) is 0 Å². The Balaban J connectivity index is 2.13. The molecule has 0 radical (unpaired) electrons. The summed E-state index contributed by atoms with van der Waals surface area (Å²) in [5.74, 6) is -0.101. The van der Waals surface area contributed by atoms with Crippen LogP contribution in [0.3, 0.4) is 0 Å². The van der Waals surface area contributed by atoms with Crippen LogP contribution in [0.4, 0.5) is 0 Å². The van der Waals surface area contributed by atoms with Crippen molar-refractivity contribution in [1.29, 1.82) is 0 Å². The van der Waals surface area contributed by atoms with Gasteiger partial charge in [0.2, 0.25) is 11.8 Å². The predicted molar refractivity (Wildman–Crippen MR) is 70.2 cm³/mol. The SMILES string of the molecule is CC(CS(C)(=O)=O)N1CCC(=O)NC(C2CC2)C1=O. The minimum Gasteiger partial charge on any atom is -0.344 e. The zero-order chi connectivity index (χ0) is 14.2. The van der Waals surface area contributed by atoms with Gasteiger partial charge >= 0.3 is 0 Å². The minimum atomic E-state index is -3.14. The molecular weight excluding hydrogens is 268 g/mol. The van der Waals surface area contributed by atoms with Crippen LogP contribution < -0.4 is 5.32 Å². The van der Waals surface area contributed by atoms with Gasteiger partial charge in [-0.25, -0.2) is 8.42 Å². The van der Waals surface area contributed by atoms with E-state index >= 15 is 0 Å². The smallest absolute Gasteiger partial charge is 0.245 e. The van der Waals surface area contributed by atoms with Gasteiger partial charge in [-0.05, 0) is 25.7 Å². The lowest BCUT2D eigenvalue weighted by Crippen LogP contribution is -2.50. The molecule has 2 amide bonds. The summed E-state index contributed by atoms with van der Waals surface area (Å²) in [7, 11) is -3.14. The van der Waals surface area contributed by atoms with Crippen LogP contribution in [0.25, 0.3) is 0 Å². The Bertz CT molecular complexity index is 484. The number of nitrogens with one attached hydrogen (secondary N) is 1. The third kappa shape index (κ3) is 3.68. The normalized spacial score (nSPS) is 26.8. The van der Waals surface area contributed by atoms with Crippen LogP contribution in [0, 0.1) is 5.92 Å². The van der Waals surface area contributed by atoms with E-state index in [2.05, 4.69) is 5.32 Å². The maximum atomic E-state index is 12.4. The van der Waals surface area contributed by atoms with Gasteiger partial charge in [-0.15, -0.1) is 0 Å². The van der Waals surface area contributed by atoms with Gasteiger partial charge in [0, 0.05) is 25.3 Å². The molecule has 0 aromatic rings. The molecule has 2 unspecified atom stereocenters. The summed E-state index contributed by atoms with van der Waals surface area (Å²) in [6, 6.07) is -0.853. The summed E-state index contributed by atoms with van der Waals surface area (Å²) in [5.41, 5.74) is 0. The quantitative estimate of drug-likeness (QED) is 0.759. The molecule has 2 aliphatic rings. The van der Waals surface area contributed by atoms with E-state index < -0.39 is 21.9 Å². The summed E-state index contributed by atoms with van der Waals surface area (Å²) in [6.45, 7) is 2.02. The number of hydrogen-bond donors (Lipinski definition) is 1. The first kappa shape index (κ1) is 14.3. The zero-order valence-electron chi connectivity index (χ0n) is 11.3. The average molecular weight is 288 g/mol. The molecule has 1 saturated carbocycles. The van der Waals surface area contributed by atoms with Crippen molar-refractivity contribution in [2.75, 3.05) is 18.6 Å². The molecule has 0 bridgehead atoms. The van der Waals surface area contributed by atoms with Crippen molar-refractivity contribution in [3.8, 4) is 0 Å². The largest absolute Gasteiger partial charge is 0.344 e. The summed E-state index contributed by atoms with van der Waals surface area (Å²) in [6.07, 6.45) is 3.30. The van der Waals surface area contributed by atoms with Crippen molar-refractivity contribution in [1.82, 2.24) is 10.2 Å². The lowest BCUT2D eigenvalue weighted by atomic mass is 10.1. The fourth-order valence-electron chi connectivity index (χ4n) is 2.53. The zero-order valence-corrected chi connectivity index (χ0v) is 12.1. The number of hydrogen-bond acceptors (Lipinski definition) is 4. The molecule has 0 aromatic heterocycles. The van der Waals surface area contributed by atoms with E-state index in [1.807, 2.05) is 0 Å². The number of amides is 2. The van der Waals surface area contributed by atoms with E-state index in [4.69, 9.17) is 0 Å². The van der Waals surface area contributed by atoms with Crippen molar-refractivity contribution in [3.05, 3.63) is 0 Å². The topological polar surface area (TPSA) is 83.6 Å². The third-order valence-electron chi connectivity index (χ3n) is 3.61. The van der Waals surface area contributed by atoms with Gasteiger partial charge < -0.3 is 10.2 Å². The monoisotopic (exact) mass is 288 g/mol. The second kappa shape index (κ2) is 5.11. The summed E-state index contributed by atoms with van der Waals surface area (Å²) in [4.78, 5) is 25.6. The second-order valence-corrected chi connectivity index (χ2v) is 7.79. The molecule has 2 fully saturated rings. The van der Waals surface area contributed by atoms with Gasteiger partial charge in [-0.2, -0.15) is 0 Å². The number of rotatable bonds is 4. The van der Waals surface area contributed by atoms with Gasteiger partial charge in [-0.3, -0.25) is 9.59 Å². The van der Waals surface area contributed by atoms with Crippen molar-refractivity contribution in [3.63, 3.8) is 0 Å². The maximum Gasteiger partial charge on any atom is 0.245 e. The summed E-state index contributed by atoms with van der Waals surface area (Å²) in [5, 5.41) is 2.76. The van der Waals surface area contributed by atoms with Gasteiger partial charge in [0.05, 0.1) is 5.75 Å². The molecule has 1 aliphatic carbocycles. The Morgan fingerprint density at radius 2 is 2.00 bits per heavy atom. The number of carbonyl (C=O) groups excluding carboxylic acids is 2. The van der Waals surface area contributed by atoms with Crippen LogP contribution in [0.5, 0.6) is 0 Å². The molecule has 1 saturated heterocycles. The summed E-state index contributed by atoms with van der Waals surface area (Å²) < 4.78 is 22.7. The summed E-state index contributed by atoms with van der Waals surface area (Å²) >= 11 is 0. The molecule has 1 heterocycles. The highest BCUT2D eigenvalue weighted by molar-refractivity contribution is 7.90. The Labute approximate surface area is 113 Å². The van der Waals surface area contributed by atoms with Gasteiger partial charge in [0.15, 0.2) is 0 Å². The van der Waals surface area contributed by atoms with Crippen molar-refractivity contribution in [2.45, 2.75) is 38.3 Å². The van der Waals surface area contributed by atoms with Crippen LogP contribution in [0.15, 0.2) is 0 Å². The molecule has 1 aliphatic heterocycles. The van der Waals surface area contributed by atoms with Crippen LogP contribution in [-0.2, 0) is 19.4 Å². The second-order valence-electron chi connectivity index (χ2n) is 5.61. The molecule has 6 nitrogen and oxygen atoms in total. The van der Waals surface area contributed by atoms with E-state index in [1.54, 1.807) is 11.8 Å². The molecule has 19 heavy (non-hydrogen) atoms. The predicted octanol–water partition coefficient (Wildman–Crippen LogP) is -0.453. The molecule has 2 rings (SSSR count). The molecule has 0 spiro atoms. The first-order valence-electron chi connectivity index (χ1n) is 6.55. The van der Waals surface area contributed by atoms with Gasteiger partial charge in [-0.1, -0.05) is 0 Å². The molecule has 108 valence electrons. The standard InChI is InChI=1S/C12H20N2O4S/c1-8(7-19(2,17)18)14-6-5-10(15)13-11(12(14)16)9-3-4-9/h8-9,11H,3-7H2,1-2H3,(H,13,15). The molecule has 1 N–H and O–H groups in total. The van der Waals surface area contributed by atoms with Crippen LogP contribution in [0.1, 0.15) is 26.2 Å². The Morgan fingerprint density at radius 1 is 1.37 bits per heavy atom. The number of carbonyl (C=O) groups is 2. The number of sulfone groups is 1. The molecule has 2 atom stereocenters. The van der Waals surface area contributed by atoms with Gasteiger partial charge in [0.1, 0.15) is 15.9 Å². The Hall–Kier alpha value is -1.11. The van der Waals surface area contributed by atoms with Crippen LogP contribution in [0.2, 0.25) is 0 Å². The van der Waals surface area contributed by atoms with Crippen LogP contribution in [-0.4, -0.2) is 55.8 Å².